The number of aromatic nitrogens is 2. The van der Waals surface area contributed by atoms with Gasteiger partial charge in [-0.2, -0.15) is 4.98 Å². The Morgan fingerprint density at radius 3 is 2.80 bits per heavy atom. The SMILES string of the molecule is CC(C)C[C@H](CN)Cc1nc(C2CC3CCC2O3)no1. The van der Waals surface area contributed by atoms with Crippen LogP contribution in [0.15, 0.2) is 4.52 Å². The minimum Gasteiger partial charge on any atom is -0.374 e. The number of hydrogen-bond acceptors (Lipinski definition) is 5. The minimum absolute atomic E-state index is 0.311. The molecule has 2 aliphatic rings. The average molecular weight is 279 g/mol. The number of ether oxygens (including phenoxy) is 1. The first-order valence-corrected chi connectivity index (χ1v) is 7.83. The molecule has 5 heteroatoms. The van der Waals surface area contributed by atoms with Gasteiger partial charge in [0.1, 0.15) is 0 Å². The van der Waals surface area contributed by atoms with Gasteiger partial charge in [0.25, 0.3) is 0 Å². The molecule has 0 amide bonds. The third kappa shape index (κ3) is 2.88. The summed E-state index contributed by atoms with van der Waals surface area (Å²) in [4.78, 5) is 4.59. The summed E-state index contributed by atoms with van der Waals surface area (Å²) in [6, 6.07) is 0. The lowest BCUT2D eigenvalue weighted by Gasteiger charge is -2.15. The zero-order valence-electron chi connectivity index (χ0n) is 12.4. The maximum absolute atomic E-state index is 5.86. The first-order valence-electron chi connectivity index (χ1n) is 7.83. The summed E-state index contributed by atoms with van der Waals surface area (Å²) in [7, 11) is 0. The van der Waals surface area contributed by atoms with Crippen molar-refractivity contribution in [3.63, 3.8) is 0 Å². The molecule has 3 heterocycles. The summed E-state index contributed by atoms with van der Waals surface area (Å²) in [6.45, 7) is 5.11. The van der Waals surface area contributed by atoms with E-state index in [1.165, 1.54) is 6.42 Å². The highest BCUT2D eigenvalue weighted by Crippen LogP contribution is 2.43. The molecule has 0 saturated carbocycles. The van der Waals surface area contributed by atoms with Crippen molar-refractivity contribution < 1.29 is 9.26 Å². The summed E-state index contributed by atoms with van der Waals surface area (Å²) >= 11 is 0. The third-order valence-corrected chi connectivity index (χ3v) is 4.52. The van der Waals surface area contributed by atoms with Crippen molar-refractivity contribution >= 4 is 0 Å². The topological polar surface area (TPSA) is 74.2 Å². The number of fused-ring (bicyclic) bond motifs is 2. The quantitative estimate of drug-likeness (QED) is 0.864. The molecule has 2 bridgehead atoms. The fourth-order valence-electron chi connectivity index (χ4n) is 3.59. The van der Waals surface area contributed by atoms with Gasteiger partial charge in [-0.05, 0) is 44.1 Å². The highest BCUT2D eigenvalue weighted by atomic mass is 16.5. The third-order valence-electron chi connectivity index (χ3n) is 4.52. The summed E-state index contributed by atoms with van der Waals surface area (Å²) in [6.07, 6.45) is 6.01. The molecule has 4 atom stereocenters. The molecule has 1 aromatic heterocycles. The van der Waals surface area contributed by atoms with E-state index >= 15 is 0 Å². The van der Waals surface area contributed by atoms with Crippen molar-refractivity contribution in [2.75, 3.05) is 6.54 Å². The molecule has 112 valence electrons. The van der Waals surface area contributed by atoms with Crippen LogP contribution in [-0.4, -0.2) is 28.9 Å². The summed E-state index contributed by atoms with van der Waals surface area (Å²) < 4.78 is 11.3. The van der Waals surface area contributed by atoms with E-state index < -0.39 is 0 Å². The van der Waals surface area contributed by atoms with Gasteiger partial charge in [-0.25, -0.2) is 0 Å². The van der Waals surface area contributed by atoms with Gasteiger partial charge in [0.2, 0.25) is 5.89 Å². The summed E-state index contributed by atoms with van der Waals surface area (Å²) in [5.41, 5.74) is 5.84. The predicted octanol–water partition coefficient (Wildman–Crippen LogP) is 2.27. The summed E-state index contributed by atoms with van der Waals surface area (Å²) in [5, 5.41) is 4.18. The van der Waals surface area contributed by atoms with Gasteiger partial charge in [-0.15, -0.1) is 0 Å². The standard InChI is InChI=1S/C15H25N3O2/c1-9(2)5-10(8-16)6-14-17-15(18-20-14)12-7-11-3-4-13(12)19-11/h9-13H,3-8,16H2,1-2H3/t10-,11?,12?,13?/m0/s1. The van der Waals surface area contributed by atoms with Gasteiger partial charge in [0.05, 0.1) is 18.1 Å². The van der Waals surface area contributed by atoms with Crippen LogP contribution in [-0.2, 0) is 11.2 Å². The molecule has 2 fully saturated rings. The fraction of sp³-hybridized carbons (Fsp3) is 0.867. The molecule has 20 heavy (non-hydrogen) atoms. The zero-order valence-corrected chi connectivity index (χ0v) is 12.4. The van der Waals surface area contributed by atoms with Crippen LogP contribution in [0.25, 0.3) is 0 Å². The Kier molecular flexibility index (Phi) is 4.08. The van der Waals surface area contributed by atoms with E-state index in [2.05, 4.69) is 24.0 Å². The predicted molar refractivity (Wildman–Crippen MR) is 75.3 cm³/mol. The molecular formula is C15H25N3O2. The van der Waals surface area contributed by atoms with Crippen LogP contribution >= 0.6 is 0 Å². The van der Waals surface area contributed by atoms with Crippen molar-refractivity contribution in [1.82, 2.24) is 10.1 Å². The summed E-state index contributed by atoms with van der Waals surface area (Å²) in [5.74, 6) is 2.99. The normalized spacial score (nSPS) is 30.3. The van der Waals surface area contributed by atoms with Gasteiger partial charge in [-0.1, -0.05) is 19.0 Å². The van der Waals surface area contributed by atoms with Crippen molar-refractivity contribution in [1.29, 1.82) is 0 Å². The van der Waals surface area contributed by atoms with Crippen molar-refractivity contribution in [3.8, 4) is 0 Å². The average Bonchev–Trinajstić information content (AvgIpc) is 3.12. The molecule has 2 saturated heterocycles. The lowest BCUT2D eigenvalue weighted by molar-refractivity contribution is 0.0996. The number of nitrogens with zero attached hydrogens (tertiary/aromatic N) is 2. The van der Waals surface area contributed by atoms with Crippen molar-refractivity contribution in [2.45, 2.75) is 64.1 Å². The molecule has 0 aliphatic carbocycles. The Balaban J connectivity index is 1.62. The van der Waals surface area contributed by atoms with Gasteiger partial charge >= 0.3 is 0 Å². The lowest BCUT2D eigenvalue weighted by atomic mass is 9.89. The second-order valence-corrected chi connectivity index (χ2v) is 6.70. The Morgan fingerprint density at radius 2 is 2.20 bits per heavy atom. The van der Waals surface area contributed by atoms with E-state index in [1.807, 2.05) is 0 Å². The Hall–Kier alpha value is -0.940. The number of rotatable bonds is 6. The van der Waals surface area contributed by atoms with Gasteiger partial charge in [0.15, 0.2) is 5.82 Å². The van der Waals surface area contributed by atoms with E-state index in [1.54, 1.807) is 0 Å². The largest absolute Gasteiger partial charge is 0.374 e. The number of nitrogens with two attached hydrogens (primary N) is 1. The van der Waals surface area contributed by atoms with E-state index in [0.29, 0.717) is 36.5 Å². The lowest BCUT2D eigenvalue weighted by Crippen LogP contribution is -2.19. The molecular weight excluding hydrogens is 254 g/mol. The highest BCUT2D eigenvalue weighted by Gasteiger charge is 2.43. The molecule has 3 rings (SSSR count). The Labute approximate surface area is 120 Å². The van der Waals surface area contributed by atoms with Crippen LogP contribution in [0.4, 0.5) is 0 Å². The molecule has 0 radical (unpaired) electrons. The van der Waals surface area contributed by atoms with E-state index in [-0.39, 0.29) is 0 Å². The van der Waals surface area contributed by atoms with Crippen molar-refractivity contribution in [3.05, 3.63) is 11.7 Å². The van der Waals surface area contributed by atoms with E-state index in [0.717, 1.165) is 37.4 Å². The van der Waals surface area contributed by atoms with Crippen LogP contribution < -0.4 is 5.73 Å². The maximum atomic E-state index is 5.86. The molecule has 1 aromatic rings. The molecule has 2 aliphatic heterocycles. The van der Waals surface area contributed by atoms with Crippen LogP contribution in [0.2, 0.25) is 0 Å². The molecule has 2 N–H and O–H groups in total. The monoisotopic (exact) mass is 279 g/mol. The van der Waals surface area contributed by atoms with E-state index in [4.69, 9.17) is 15.0 Å². The fourth-order valence-corrected chi connectivity index (χ4v) is 3.59. The van der Waals surface area contributed by atoms with Gasteiger partial charge < -0.3 is 15.0 Å². The van der Waals surface area contributed by atoms with E-state index in [9.17, 15) is 0 Å². The smallest absolute Gasteiger partial charge is 0.226 e. The Morgan fingerprint density at radius 1 is 1.35 bits per heavy atom. The Bertz CT molecular complexity index is 446. The van der Waals surface area contributed by atoms with Crippen LogP contribution in [0.5, 0.6) is 0 Å². The number of hydrogen-bond donors (Lipinski definition) is 1. The minimum atomic E-state index is 0.311. The van der Waals surface area contributed by atoms with Crippen LogP contribution in [0.3, 0.4) is 0 Å². The van der Waals surface area contributed by atoms with Crippen molar-refractivity contribution in [2.24, 2.45) is 17.6 Å². The molecule has 0 spiro atoms. The van der Waals surface area contributed by atoms with Crippen LogP contribution in [0.1, 0.15) is 57.2 Å². The van der Waals surface area contributed by atoms with Gasteiger partial charge in [0, 0.05) is 6.42 Å². The highest BCUT2D eigenvalue weighted by molar-refractivity contribution is 5.07. The maximum Gasteiger partial charge on any atom is 0.226 e. The van der Waals surface area contributed by atoms with Gasteiger partial charge in [-0.3, -0.25) is 0 Å². The molecule has 3 unspecified atom stereocenters. The zero-order chi connectivity index (χ0) is 14.1. The van der Waals surface area contributed by atoms with Crippen LogP contribution in [0, 0.1) is 11.8 Å². The first-order chi connectivity index (χ1) is 9.65. The molecule has 5 nitrogen and oxygen atoms in total. The first kappa shape index (κ1) is 14.0. The second-order valence-electron chi connectivity index (χ2n) is 6.70. The molecule has 0 aromatic carbocycles. The second kappa shape index (κ2) is 5.82.